The zero-order valence-corrected chi connectivity index (χ0v) is 14.3. The Hall–Kier alpha value is -1.79. The fourth-order valence-corrected chi connectivity index (χ4v) is 3.72. The van der Waals surface area contributed by atoms with E-state index in [1.165, 1.54) is 0 Å². The maximum absolute atomic E-state index is 12.6. The van der Waals surface area contributed by atoms with Gasteiger partial charge in [-0.1, -0.05) is 12.1 Å². The van der Waals surface area contributed by atoms with Crippen LogP contribution in [-0.2, 0) is 14.3 Å². The Labute approximate surface area is 142 Å². The molecule has 0 spiro atoms. The number of rotatable bonds is 6. The number of para-hydroxylation sites is 2. The fraction of sp³-hybridized carbons (Fsp3) is 0.611. The number of ether oxygens (including phenoxy) is 4. The van der Waals surface area contributed by atoms with E-state index in [0.717, 1.165) is 19.4 Å². The number of benzene rings is 1. The number of carbonyl (C=O) groups excluding carboxylic acids is 1. The summed E-state index contributed by atoms with van der Waals surface area (Å²) in [7, 11) is 3.29. The first-order valence-electron chi connectivity index (χ1n) is 8.33. The van der Waals surface area contributed by atoms with Crippen molar-refractivity contribution in [3.63, 3.8) is 0 Å². The van der Waals surface area contributed by atoms with Gasteiger partial charge in [-0.25, -0.2) is 0 Å². The molecule has 2 fully saturated rings. The minimum atomic E-state index is -0.0763. The molecule has 0 radical (unpaired) electrons. The molecule has 0 bridgehead atoms. The van der Waals surface area contributed by atoms with E-state index >= 15 is 0 Å². The summed E-state index contributed by atoms with van der Waals surface area (Å²) in [6, 6.07) is 7.34. The molecule has 0 saturated carbocycles. The van der Waals surface area contributed by atoms with Crippen molar-refractivity contribution in [2.45, 2.75) is 18.9 Å². The molecule has 1 aromatic carbocycles. The van der Waals surface area contributed by atoms with Crippen molar-refractivity contribution in [1.82, 2.24) is 4.90 Å². The molecule has 24 heavy (non-hydrogen) atoms. The number of hydrogen-bond acceptors (Lipinski definition) is 5. The highest BCUT2D eigenvalue weighted by molar-refractivity contribution is 5.78. The van der Waals surface area contributed by atoms with Crippen LogP contribution in [-0.4, -0.2) is 64.0 Å². The minimum Gasteiger partial charge on any atom is -0.493 e. The summed E-state index contributed by atoms with van der Waals surface area (Å²) in [5.41, 5.74) is -0.0763. The molecule has 1 aromatic rings. The highest BCUT2D eigenvalue weighted by atomic mass is 16.5. The highest BCUT2D eigenvalue weighted by Crippen LogP contribution is 2.41. The highest BCUT2D eigenvalue weighted by Gasteiger charge is 2.48. The van der Waals surface area contributed by atoms with Gasteiger partial charge in [-0.15, -0.1) is 0 Å². The summed E-state index contributed by atoms with van der Waals surface area (Å²) >= 11 is 0. The van der Waals surface area contributed by atoms with Crippen LogP contribution in [0.4, 0.5) is 0 Å². The van der Waals surface area contributed by atoms with Gasteiger partial charge in [0.1, 0.15) is 0 Å². The van der Waals surface area contributed by atoms with Gasteiger partial charge in [0.05, 0.1) is 19.8 Å². The van der Waals surface area contributed by atoms with E-state index in [1.807, 2.05) is 23.1 Å². The van der Waals surface area contributed by atoms with Gasteiger partial charge >= 0.3 is 0 Å². The summed E-state index contributed by atoms with van der Waals surface area (Å²) in [6.07, 6.45) is 1.98. The topological polar surface area (TPSA) is 57.2 Å². The molecule has 6 nitrogen and oxygen atoms in total. The Kier molecular flexibility index (Phi) is 5.26. The molecule has 2 aliphatic heterocycles. The molecular weight excluding hydrogens is 310 g/mol. The molecule has 2 aliphatic rings. The van der Waals surface area contributed by atoms with Crippen LogP contribution in [0.25, 0.3) is 0 Å². The molecule has 0 aromatic heterocycles. The first-order valence-corrected chi connectivity index (χ1v) is 8.33. The number of hydrogen-bond donors (Lipinski definition) is 0. The lowest BCUT2D eigenvalue weighted by atomic mass is 9.77. The second kappa shape index (κ2) is 7.40. The third kappa shape index (κ3) is 3.35. The predicted octanol–water partition coefficient (Wildman–Crippen LogP) is 1.73. The summed E-state index contributed by atoms with van der Waals surface area (Å²) in [6.45, 7) is 2.74. The van der Waals surface area contributed by atoms with Crippen molar-refractivity contribution < 1.29 is 23.7 Å². The second-order valence-electron chi connectivity index (χ2n) is 6.45. The van der Waals surface area contributed by atoms with Crippen LogP contribution in [0.1, 0.15) is 12.8 Å². The van der Waals surface area contributed by atoms with Gasteiger partial charge in [0.2, 0.25) is 0 Å². The molecule has 0 unspecified atom stereocenters. The lowest BCUT2D eigenvalue weighted by Gasteiger charge is -2.43. The number of amides is 1. The van der Waals surface area contributed by atoms with Crippen LogP contribution >= 0.6 is 0 Å². The molecule has 2 heterocycles. The first-order chi connectivity index (χ1) is 11.7. The zero-order valence-electron chi connectivity index (χ0n) is 14.3. The molecule has 2 atom stereocenters. The lowest BCUT2D eigenvalue weighted by Crippen LogP contribution is -2.54. The van der Waals surface area contributed by atoms with Crippen LogP contribution in [0.15, 0.2) is 24.3 Å². The van der Waals surface area contributed by atoms with Crippen LogP contribution in [0.3, 0.4) is 0 Å². The maximum Gasteiger partial charge on any atom is 0.260 e. The molecule has 3 rings (SSSR count). The Morgan fingerprint density at radius 1 is 1.33 bits per heavy atom. The van der Waals surface area contributed by atoms with Crippen LogP contribution in [0.5, 0.6) is 11.5 Å². The Morgan fingerprint density at radius 2 is 2.12 bits per heavy atom. The largest absolute Gasteiger partial charge is 0.493 e. The number of methoxy groups -OCH3 is 2. The van der Waals surface area contributed by atoms with E-state index < -0.39 is 0 Å². The first kappa shape index (κ1) is 17.0. The van der Waals surface area contributed by atoms with Gasteiger partial charge in [-0.2, -0.15) is 0 Å². The van der Waals surface area contributed by atoms with Crippen molar-refractivity contribution in [1.29, 1.82) is 0 Å². The second-order valence-corrected chi connectivity index (χ2v) is 6.45. The maximum atomic E-state index is 12.6. The number of piperidine rings is 1. The predicted molar refractivity (Wildman–Crippen MR) is 88.4 cm³/mol. The lowest BCUT2D eigenvalue weighted by molar-refractivity contribution is -0.141. The number of fused-ring (bicyclic) bond motifs is 1. The molecular formula is C18H25NO5. The Balaban J connectivity index is 1.61. The van der Waals surface area contributed by atoms with E-state index in [9.17, 15) is 4.79 Å². The molecule has 2 saturated heterocycles. The number of carbonyl (C=O) groups is 1. The van der Waals surface area contributed by atoms with Gasteiger partial charge in [-0.05, 0) is 25.0 Å². The van der Waals surface area contributed by atoms with Crippen molar-refractivity contribution in [2.24, 2.45) is 5.41 Å². The van der Waals surface area contributed by atoms with Gasteiger partial charge in [0.15, 0.2) is 18.1 Å². The molecule has 1 amide bonds. The van der Waals surface area contributed by atoms with Crippen LogP contribution in [0.2, 0.25) is 0 Å². The van der Waals surface area contributed by atoms with Crippen LogP contribution < -0.4 is 9.47 Å². The molecule has 0 N–H and O–H groups in total. The normalized spacial score (nSPS) is 26.1. The summed E-state index contributed by atoms with van der Waals surface area (Å²) in [5.74, 6) is 1.20. The number of nitrogens with zero attached hydrogens (tertiary/aromatic N) is 1. The standard InChI is InChI=1S/C18H25NO5/c1-21-13-18-8-10-23-16(18)7-9-19(12-18)17(20)11-24-15-6-4-3-5-14(15)22-2/h3-6,16H,7-13H2,1-2H3/t16-,18-/m0/s1. The average Bonchev–Trinajstić information content (AvgIpc) is 3.02. The third-order valence-electron chi connectivity index (χ3n) is 4.97. The van der Waals surface area contributed by atoms with E-state index in [2.05, 4.69) is 0 Å². The van der Waals surface area contributed by atoms with E-state index in [0.29, 0.717) is 31.2 Å². The van der Waals surface area contributed by atoms with Gasteiger partial charge in [0.25, 0.3) is 5.91 Å². The van der Waals surface area contributed by atoms with E-state index in [4.69, 9.17) is 18.9 Å². The quantitative estimate of drug-likeness (QED) is 0.792. The van der Waals surface area contributed by atoms with Crippen LogP contribution in [0, 0.1) is 5.41 Å². The van der Waals surface area contributed by atoms with Crippen molar-refractivity contribution in [3.05, 3.63) is 24.3 Å². The van der Waals surface area contributed by atoms with Crippen molar-refractivity contribution in [2.75, 3.05) is 47.1 Å². The Morgan fingerprint density at radius 3 is 2.88 bits per heavy atom. The molecule has 6 heteroatoms. The summed E-state index contributed by atoms with van der Waals surface area (Å²) in [4.78, 5) is 14.5. The van der Waals surface area contributed by atoms with E-state index in [1.54, 1.807) is 20.3 Å². The third-order valence-corrected chi connectivity index (χ3v) is 4.97. The smallest absolute Gasteiger partial charge is 0.260 e. The van der Waals surface area contributed by atoms with Gasteiger partial charge < -0.3 is 23.8 Å². The molecule has 132 valence electrons. The Bertz CT molecular complexity index is 578. The van der Waals surface area contributed by atoms with Gasteiger partial charge in [0, 0.05) is 32.2 Å². The molecule has 0 aliphatic carbocycles. The van der Waals surface area contributed by atoms with Crippen molar-refractivity contribution in [3.8, 4) is 11.5 Å². The number of likely N-dealkylation sites (tertiary alicyclic amines) is 1. The average molecular weight is 335 g/mol. The fourth-order valence-electron chi connectivity index (χ4n) is 3.72. The SMILES string of the molecule is COC[C@@]12CCO[C@H]1CCN(C(=O)COc1ccccc1OC)C2. The van der Waals surface area contributed by atoms with E-state index in [-0.39, 0.29) is 24.0 Å². The monoisotopic (exact) mass is 335 g/mol. The zero-order chi connectivity index (χ0) is 17.0. The summed E-state index contributed by atoms with van der Waals surface area (Å²) in [5, 5.41) is 0. The summed E-state index contributed by atoms with van der Waals surface area (Å²) < 4.78 is 22.2. The van der Waals surface area contributed by atoms with Gasteiger partial charge in [-0.3, -0.25) is 4.79 Å². The minimum absolute atomic E-state index is 0.00889. The van der Waals surface area contributed by atoms with Crippen molar-refractivity contribution >= 4 is 5.91 Å².